The number of nitrogen functional groups attached to an aromatic ring is 1. The smallest absolute Gasteiger partial charge is 0.141 e. The largest absolute Gasteiger partial charge is 0.495 e. The third-order valence-electron chi connectivity index (χ3n) is 2.12. The number of rotatable bonds is 4. The van der Waals surface area contributed by atoms with Crippen LogP contribution in [0.5, 0.6) is 5.75 Å². The van der Waals surface area contributed by atoms with E-state index in [2.05, 4.69) is 15.9 Å². The van der Waals surface area contributed by atoms with Crippen LogP contribution in [0.4, 0.5) is 5.69 Å². The van der Waals surface area contributed by atoms with Crippen molar-refractivity contribution in [3.8, 4) is 5.75 Å². The lowest BCUT2D eigenvalue weighted by Gasteiger charge is -2.16. The summed E-state index contributed by atoms with van der Waals surface area (Å²) in [6.45, 7) is 0. The predicted molar refractivity (Wildman–Crippen MR) is 62.2 cm³/mol. The SMILES string of the molecule is COc1ccc(C(O)C(O)CBr)cc1N. The molecule has 2 unspecified atom stereocenters. The maximum Gasteiger partial charge on any atom is 0.141 e. The molecule has 0 bridgehead atoms. The zero-order valence-electron chi connectivity index (χ0n) is 8.35. The fourth-order valence-corrected chi connectivity index (χ4v) is 1.60. The average molecular weight is 276 g/mol. The van der Waals surface area contributed by atoms with E-state index in [9.17, 15) is 10.2 Å². The van der Waals surface area contributed by atoms with Gasteiger partial charge in [0, 0.05) is 5.33 Å². The molecule has 1 aromatic carbocycles. The first-order valence-corrected chi connectivity index (χ1v) is 5.57. The van der Waals surface area contributed by atoms with Crippen LogP contribution >= 0.6 is 15.9 Å². The minimum atomic E-state index is -0.947. The third-order valence-corrected chi connectivity index (χ3v) is 2.78. The number of aliphatic hydroxyl groups excluding tert-OH is 2. The first-order valence-electron chi connectivity index (χ1n) is 4.45. The number of ether oxygens (including phenoxy) is 1. The molecule has 5 heteroatoms. The van der Waals surface area contributed by atoms with Gasteiger partial charge in [-0.2, -0.15) is 0 Å². The van der Waals surface area contributed by atoms with Gasteiger partial charge in [0.05, 0.1) is 18.9 Å². The molecule has 0 fully saturated rings. The van der Waals surface area contributed by atoms with Crippen LogP contribution in [-0.2, 0) is 0 Å². The van der Waals surface area contributed by atoms with Gasteiger partial charge in [-0.3, -0.25) is 0 Å². The zero-order chi connectivity index (χ0) is 11.4. The highest BCUT2D eigenvalue weighted by molar-refractivity contribution is 9.09. The molecule has 1 aromatic rings. The highest BCUT2D eigenvalue weighted by atomic mass is 79.9. The summed E-state index contributed by atoms with van der Waals surface area (Å²) in [7, 11) is 1.52. The lowest BCUT2D eigenvalue weighted by molar-refractivity contribution is 0.0343. The van der Waals surface area contributed by atoms with E-state index in [0.29, 0.717) is 22.3 Å². The Kier molecular flexibility index (Phi) is 4.38. The molecular weight excluding hydrogens is 262 g/mol. The predicted octanol–water partition coefficient (Wildman–Crippen LogP) is 1.07. The second-order valence-electron chi connectivity index (χ2n) is 3.17. The van der Waals surface area contributed by atoms with Crippen molar-refractivity contribution < 1.29 is 14.9 Å². The molecule has 0 aliphatic rings. The van der Waals surface area contributed by atoms with E-state index in [-0.39, 0.29) is 0 Å². The minimum Gasteiger partial charge on any atom is -0.495 e. The van der Waals surface area contributed by atoms with Gasteiger partial charge in [-0.15, -0.1) is 0 Å². The molecule has 0 spiro atoms. The Bertz CT molecular complexity index is 332. The van der Waals surface area contributed by atoms with Crippen LogP contribution in [0.25, 0.3) is 0 Å². The van der Waals surface area contributed by atoms with Crippen molar-refractivity contribution in [1.29, 1.82) is 0 Å². The topological polar surface area (TPSA) is 75.7 Å². The molecule has 0 heterocycles. The van der Waals surface area contributed by atoms with Gasteiger partial charge >= 0.3 is 0 Å². The Morgan fingerprint density at radius 1 is 1.47 bits per heavy atom. The molecule has 84 valence electrons. The van der Waals surface area contributed by atoms with Crippen molar-refractivity contribution in [2.24, 2.45) is 0 Å². The van der Waals surface area contributed by atoms with Gasteiger partial charge in [0.2, 0.25) is 0 Å². The molecular formula is C10H14BrNO3. The van der Waals surface area contributed by atoms with E-state index in [1.54, 1.807) is 18.2 Å². The van der Waals surface area contributed by atoms with E-state index in [1.165, 1.54) is 7.11 Å². The Morgan fingerprint density at radius 2 is 2.13 bits per heavy atom. The number of benzene rings is 1. The monoisotopic (exact) mass is 275 g/mol. The van der Waals surface area contributed by atoms with Crippen molar-refractivity contribution in [2.45, 2.75) is 12.2 Å². The van der Waals surface area contributed by atoms with Crippen LogP contribution < -0.4 is 10.5 Å². The normalized spacial score (nSPS) is 14.7. The maximum absolute atomic E-state index is 9.70. The Labute approximate surface area is 96.8 Å². The first kappa shape index (κ1) is 12.3. The minimum absolute atomic E-state index is 0.306. The molecule has 0 aliphatic heterocycles. The number of aliphatic hydroxyl groups is 2. The molecule has 0 amide bonds. The van der Waals surface area contributed by atoms with Gasteiger partial charge in [-0.05, 0) is 17.7 Å². The summed E-state index contributed by atoms with van der Waals surface area (Å²) in [5, 5.41) is 19.4. The first-order chi connectivity index (χ1) is 7.10. The van der Waals surface area contributed by atoms with Gasteiger partial charge in [0.15, 0.2) is 0 Å². The van der Waals surface area contributed by atoms with Gasteiger partial charge in [0.1, 0.15) is 11.9 Å². The van der Waals surface area contributed by atoms with E-state index < -0.39 is 12.2 Å². The summed E-state index contributed by atoms with van der Waals surface area (Å²) >= 11 is 3.09. The lowest BCUT2D eigenvalue weighted by Crippen LogP contribution is -2.19. The maximum atomic E-state index is 9.70. The van der Waals surface area contributed by atoms with Crippen LogP contribution in [0.3, 0.4) is 0 Å². The number of halogens is 1. The number of anilines is 1. The molecule has 0 saturated carbocycles. The molecule has 0 radical (unpaired) electrons. The number of methoxy groups -OCH3 is 1. The molecule has 2 atom stereocenters. The van der Waals surface area contributed by atoms with Crippen molar-refractivity contribution >= 4 is 21.6 Å². The summed E-state index contributed by atoms with van der Waals surface area (Å²) in [5.41, 5.74) is 6.69. The van der Waals surface area contributed by atoms with Crippen molar-refractivity contribution in [3.05, 3.63) is 23.8 Å². The third kappa shape index (κ3) is 2.84. The second kappa shape index (κ2) is 5.34. The standard InChI is InChI=1S/C10H14BrNO3/c1-15-9-3-2-6(4-7(9)12)10(14)8(13)5-11/h2-4,8,10,13-14H,5,12H2,1H3. The van der Waals surface area contributed by atoms with Crippen molar-refractivity contribution in [2.75, 3.05) is 18.2 Å². The number of alkyl halides is 1. The van der Waals surface area contributed by atoms with Crippen LogP contribution in [0.15, 0.2) is 18.2 Å². The highest BCUT2D eigenvalue weighted by Crippen LogP contribution is 2.26. The number of hydrogen-bond donors (Lipinski definition) is 3. The van der Waals surface area contributed by atoms with E-state index in [0.717, 1.165) is 0 Å². The second-order valence-corrected chi connectivity index (χ2v) is 3.82. The summed E-state index contributed by atoms with van der Waals surface area (Å²) in [5.74, 6) is 0.555. The molecule has 0 aliphatic carbocycles. The Balaban J connectivity index is 2.92. The van der Waals surface area contributed by atoms with E-state index >= 15 is 0 Å². The molecule has 15 heavy (non-hydrogen) atoms. The Morgan fingerprint density at radius 3 is 2.60 bits per heavy atom. The van der Waals surface area contributed by atoms with Gasteiger partial charge in [-0.25, -0.2) is 0 Å². The van der Waals surface area contributed by atoms with Gasteiger partial charge in [0.25, 0.3) is 0 Å². The number of hydrogen-bond acceptors (Lipinski definition) is 4. The van der Waals surface area contributed by atoms with Crippen molar-refractivity contribution in [1.82, 2.24) is 0 Å². The fraction of sp³-hybridized carbons (Fsp3) is 0.400. The Hall–Kier alpha value is -0.780. The van der Waals surface area contributed by atoms with Crippen LogP contribution in [-0.4, -0.2) is 28.8 Å². The molecule has 4 nitrogen and oxygen atoms in total. The molecule has 0 saturated heterocycles. The van der Waals surface area contributed by atoms with Crippen molar-refractivity contribution in [3.63, 3.8) is 0 Å². The molecule has 0 aromatic heterocycles. The van der Waals surface area contributed by atoms with E-state index in [1.807, 2.05) is 0 Å². The zero-order valence-corrected chi connectivity index (χ0v) is 9.94. The van der Waals surface area contributed by atoms with Gasteiger partial charge < -0.3 is 20.7 Å². The van der Waals surface area contributed by atoms with Crippen LogP contribution in [0, 0.1) is 0 Å². The average Bonchev–Trinajstić information content (AvgIpc) is 2.26. The number of nitrogens with two attached hydrogens (primary N) is 1. The summed E-state index contributed by atoms with van der Waals surface area (Å²) < 4.78 is 4.99. The molecule has 1 rings (SSSR count). The highest BCUT2D eigenvalue weighted by Gasteiger charge is 2.17. The molecule has 4 N–H and O–H groups in total. The summed E-state index contributed by atoms with van der Waals surface area (Å²) in [6.07, 6.45) is -1.80. The summed E-state index contributed by atoms with van der Waals surface area (Å²) in [4.78, 5) is 0. The van der Waals surface area contributed by atoms with E-state index in [4.69, 9.17) is 10.5 Å². The quantitative estimate of drug-likeness (QED) is 0.568. The van der Waals surface area contributed by atoms with Crippen LogP contribution in [0.1, 0.15) is 11.7 Å². The van der Waals surface area contributed by atoms with Gasteiger partial charge in [-0.1, -0.05) is 22.0 Å². The fourth-order valence-electron chi connectivity index (χ4n) is 1.24. The summed E-state index contributed by atoms with van der Waals surface area (Å²) in [6, 6.07) is 4.93. The van der Waals surface area contributed by atoms with Crippen LogP contribution in [0.2, 0.25) is 0 Å². The lowest BCUT2D eigenvalue weighted by atomic mass is 10.0.